The molecule has 1 aromatic rings. The number of nitriles is 1. The molecule has 0 aliphatic heterocycles. The fraction of sp³-hybridized carbons (Fsp3) is 0.300. The predicted octanol–water partition coefficient (Wildman–Crippen LogP) is 0.421. The SMILES string of the molecule is Cc1cc(C)n(CC(=O)O)c(=O)c1C#N. The Bertz CT molecular complexity index is 509. The van der Waals surface area contributed by atoms with E-state index in [1.807, 2.05) is 0 Å². The minimum atomic E-state index is -1.10. The molecule has 0 bridgehead atoms. The second kappa shape index (κ2) is 3.96. The van der Waals surface area contributed by atoms with Gasteiger partial charge in [0, 0.05) is 5.69 Å². The highest BCUT2D eigenvalue weighted by atomic mass is 16.4. The number of aliphatic carboxylic acids is 1. The summed E-state index contributed by atoms with van der Waals surface area (Å²) in [7, 11) is 0. The highest BCUT2D eigenvalue weighted by Crippen LogP contribution is 2.04. The van der Waals surface area contributed by atoms with Crippen LogP contribution in [0.1, 0.15) is 16.8 Å². The van der Waals surface area contributed by atoms with E-state index >= 15 is 0 Å². The lowest BCUT2D eigenvalue weighted by atomic mass is 10.1. The monoisotopic (exact) mass is 206 g/mol. The van der Waals surface area contributed by atoms with Gasteiger partial charge in [-0.1, -0.05) is 0 Å². The molecule has 1 aromatic heterocycles. The lowest BCUT2D eigenvalue weighted by molar-refractivity contribution is -0.137. The van der Waals surface area contributed by atoms with E-state index in [0.717, 1.165) is 4.57 Å². The number of rotatable bonds is 2. The molecule has 5 heteroatoms. The maximum absolute atomic E-state index is 11.7. The minimum absolute atomic E-state index is 0.00171. The zero-order valence-electron chi connectivity index (χ0n) is 8.44. The summed E-state index contributed by atoms with van der Waals surface area (Å²) in [5.74, 6) is -1.10. The van der Waals surface area contributed by atoms with E-state index in [-0.39, 0.29) is 5.56 Å². The molecular formula is C10H10N2O3. The molecule has 1 heterocycles. The van der Waals surface area contributed by atoms with Gasteiger partial charge in [0.05, 0.1) is 0 Å². The van der Waals surface area contributed by atoms with Gasteiger partial charge in [-0.3, -0.25) is 9.59 Å². The first-order valence-corrected chi connectivity index (χ1v) is 4.30. The number of hydrogen-bond donors (Lipinski definition) is 1. The maximum atomic E-state index is 11.7. The van der Waals surface area contributed by atoms with E-state index in [4.69, 9.17) is 10.4 Å². The summed E-state index contributed by atoms with van der Waals surface area (Å²) in [5.41, 5.74) is 0.569. The molecule has 0 saturated carbocycles. The third-order valence-electron chi connectivity index (χ3n) is 2.11. The Balaban J connectivity index is 3.48. The number of carboxylic acid groups (broad SMARTS) is 1. The predicted molar refractivity (Wildman–Crippen MR) is 52.5 cm³/mol. The molecule has 0 amide bonds. The van der Waals surface area contributed by atoms with Crippen molar-refractivity contribution < 1.29 is 9.90 Å². The summed E-state index contributed by atoms with van der Waals surface area (Å²) in [6.07, 6.45) is 0. The molecule has 0 aliphatic carbocycles. The highest BCUT2D eigenvalue weighted by molar-refractivity contribution is 5.66. The third-order valence-corrected chi connectivity index (χ3v) is 2.11. The molecule has 0 fully saturated rings. The van der Waals surface area contributed by atoms with Gasteiger partial charge >= 0.3 is 5.97 Å². The standard InChI is InChI=1S/C10H10N2O3/c1-6-3-7(2)12(5-9(13)14)10(15)8(6)4-11/h3H,5H2,1-2H3,(H,13,14). The van der Waals surface area contributed by atoms with E-state index in [1.165, 1.54) is 0 Å². The van der Waals surface area contributed by atoms with Gasteiger partial charge in [0.15, 0.2) is 0 Å². The molecule has 0 aromatic carbocycles. The number of hydrogen-bond acceptors (Lipinski definition) is 3. The van der Waals surface area contributed by atoms with E-state index in [2.05, 4.69) is 0 Å². The van der Waals surface area contributed by atoms with Crippen molar-refractivity contribution in [1.29, 1.82) is 5.26 Å². The number of nitrogens with zero attached hydrogens (tertiary/aromatic N) is 2. The summed E-state index contributed by atoms with van der Waals surface area (Å²) < 4.78 is 1.08. The highest BCUT2D eigenvalue weighted by Gasteiger charge is 2.11. The zero-order chi connectivity index (χ0) is 11.6. The molecule has 78 valence electrons. The van der Waals surface area contributed by atoms with Gasteiger partial charge in [-0.15, -0.1) is 0 Å². The van der Waals surface area contributed by atoms with Crippen LogP contribution in [0.4, 0.5) is 0 Å². The first-order valence-electron chi connectivity index (χ1n) is 4.30. The lowest BCUT2D eigenvalue weighted by Gasteiger charge is -2.08. The van der Waals surface area contributed by atoms with Crippen LogP contribution in [-0.2, 0) is 11.3 Å². The van der Waals surface area contributed by atoms with Crippen LogP contribution in [-0.4, -0.2) is 15.6 Å². The molecule has 1 N–H and O–H groups in total. The first-order chi connectivity index (χ1) is 6.97. The Morgan fingerprint density at radius 1 is 1.60 bits per heavy atom. The van der Waals surface area contributed by atoms with Crippen LogP contribution in [0.2, 0.25) is 0 Å². The molecular weight excluding hydrogens is 196 g/mol. The van der Waals surface area contributed by atoms with Crippen molar-refractivity contribution in [2.45, 2.75) is 20.4 Å². The smallest absolute Gasteiger partial charge is 0.323 e. The topological polar surface area (TPSA) is 83.1 Å². The van der Waals surface area contributed by atoms with E-state index in [1.54, 1.807) is 26.0 Å². The van der Waals surface area contributed by atoms with Crippen molar-refractivity contribution in [2.24, 2.45) is 0 Å². The quantitative estimate of drug-likeness (QED) is 0.760. The summed E-state index contributed by atoms with van der Waals surface area (Å²) in [5, 5.41) is 17.3. The molecule has 0 saturated heterocycles. The third kappa shape index (κ3) is 2.05. The van der Waals surface area contributed by atoms with Gasteiger partial charge in [-0.2, -0.15) is 5.26 Å². The molecule has 15 heavy (non-hydrogen) atoms. The van der Waals surface area contributed by atoms with Gasteiger partial charge in [-0.05, 0) is 25.5 Å². The second-order valence-corrected chi connectivity index (χ2v) is 3.24. The Labute approximate surface area is 86.2 Å². The molecule has 1 rings (SSSR count). The maximum Gasteiger partial charge on any atom is 0.323 e. The summed E-state index contributed by atoms with van der Waals surface area (Å²) in [6, 6.07) is 3.41. The Kier molecular flexibility index (Phi) is 2.90. The average molecular weight is 206 g/mol. The normalized spacial score (nSPS) is 9.67. The summed E-state index contributed by atoms with van der Waals surface area (Å²) in [4.78, 5) is 22.2. The van der Waals surface area contributed by atoms with E-state index in [9.17, 15) is 9.59 Å². The van der Waals surface area contributed by atoms with Crippen molar-refractivity contribution in [2.75, 3.05) is 0 Å². The Morgan fingerprint density at radius 3 is 2.67 bits per heavy atom. The minimum Gasteiger partial charge on any atom is -0.480 e. The molecule has 0 aliphatic rings. The summed E-state index contributed by atoms with van der Waals surface area (Å²) >= 11 is 0. The van der Waals surface area contributed by atoms with E-state index < -0.39 is 18.1 Å². The van der Waals surface area contributed by atoms with Crippen molar-refractivity contribution in [3.63, 3.8) is 0 Å². The lowest BCUT2D eigenvalue weighted by Crippen LogP contribution is -2.28. The molecule has 0 atom stereocenters. The van der Waals surface area contributed by atoms with Crippen LogP contribution in [0.15, 0.2) is 10.9 Å². The van der Waals surface area contributed by atoms with E-state index in [0.29, 0.717) is 11.3 Å². The van der Waals surface area contributed by atoms with Gasteiger partial charge in [-0.25, -0.2) is 0 Å². The number of aryl methyl sites for hydroxylation is 2. The number of carboxylic acids is 1. The Hall–Kier alpha value is -2.09. The van der Waals surface area contributed by atoms with Crippen LogP contribution < -0.4 is 5.56 Å². The van der Waals surface area contributed by atoms with Gasteiger partial charge < -0.3 is 9.67 Å². The molecule has 5 nitrogen and oxygen atoms in total. The number of pyridine rings is 1. The van der Waals surface area contributed by atoms with Crippen LogP contribution in [0.5, 0.6) is 0 Å². The van der Waals surface area contributed by atoms with Gasteiger partial charge in [0.1, 0.15) is 18.2 Å². The number of aromatic nitrogens is 1. The van der Waals surface area contributed by atoms with Crippen molar-refractivity contribution in [3.05, 3.63) is 33.2 Å². The summed E-state index contributed by atoms with van der Waals surface area (Å²) in [6.45, 7) is 2.87. The van der Waals surface area contributed by atoms with Gasteiger partial charge in [0.2, 0.25) is 0 Å². The van der Waals surface area contributed by atoms with Gasteiger partial charge in [0.25, 0.3) is 5.56 Å². The largest absolute Gasteiger partial charge is 0.480 e. The fourth-order valence-corrected chi connectivity index (χ4v) is 1.39. The van der Waals surface area contributed by atoms with Crippen LogP contribution in [0.25, 0.3) is 0 Å². The molecule has 0 radical (unpaired) electrons. The van der Waals surface area contributed by atoms with Crippen molar-refractivity contribution >= 4 is 5.97 Å². The van der Waals surface area contributed by atoms with Crippen LogP contribution >= 0.6 is 0 Å². The second-order valence-electron chi connectivity index (χ2n) is 3.24. The average Bonchev–Trinajstić information content (AvgIpc) is 2.12. The zero-order valence-corrected chi connectivity index (χ0v) is 8.44. The number of carbonyl (C=O) groups is 1. The Morgan fingerprint density at radius 2 is 2.20 bits per heavy atom. The molecule has 0 spiro atoms. The fourth-order valence-electron chi connectivity index (χ4n) is 1.39. The molecule has 0 unspecified atom stereocenters. The van der Waals surface area contributed by atoms with Crippen LogP contribution in [0.3, 0.4) is 0 Å². The van der Waals surface area contributed by atoms with Crippen molar-refractivity contribution in [3.8, 4) is 6.07 Å². The van der Waals surface area contributed by atoms with Crippen LogP contribution in [0, 0.1) is 25.2 Å². The van der Waals surface area contributed by atoms with Crippen molar-refractivity contribution in [1.82, 2.24) is 4.57 Å². The first kappa shape index (κ1) is 11.0.